The van der Waals surface area contributed by atoms with Crippen molar-refractivity contribution in [3.63, 3.8) is 0 Å². The van der Waals surface area contributed by atoms with Crippen LogP contribution in [0.15, 0.2) is 0 Å². The zero-order valence-corrected chi connectivity index (χ0v) is 13.4. The number of nitrogens with one attached hydrogen (secondary N) is 1. The zero-order chi connectivity index (χ0) is 14.7. The Morgan fingerprint density at radius 3 is 2.37 bits per heavy atom. The summed E-state index contributed by atoms with van der Waals surface area (Å²) >= 11 is 0. The molecule has 4 heteroatoms. The van der Waals surface area contributed by atoms with Crippen molar-refractivity contribution >= 4 is 5.91 Å². The van der Waals surface area contributed by atoms with Crippen LogP contribution in [0.3, 0.4) is 0 Å². The molecule has 0 aliphatic carbocycles. The second-order valence-electron chi connectivity index (χ2n) is 5.70. The van der Waals surface area contributed by atoms with Crippen LogP contribution in [0.1, 0.15) is 47.0 Å². The monoisotopic (exact) mass is 272 g/mol. The van der Waals surface area contributed by atoms with Gasteiger partial charge in [0.25, 0.3) is 0 Å². The van der Waals surface area contributed by atoms with Gasteiger partial charge in [-0.1, -0.05) is 27.7 Å². The Labute approximate surface area is 118 Å². The molecular formula is C15H32N2O2. The maximum atomic E-state index is 11.6. The lowest BCUT2D eigenvalue weighted by Gasteiger charge is -2.19. The smallest absolute Gasteiger partial charge is 0.224 e. The Balaban J connectivity index is 3.29. The van der Waals surface area contributed by atoms with Crippen LogP contribution in [-0.2, 0) is 9.53 Å². The standard InChI is InChI=1S/C15H32N2O2/c1-13(2)15(18)17(5)10-7-6-8-11-19-12-9-16-14(3)4/h13-14,16H,6-12H2,1-5H3. The second kappa shape index (κ2) is 11.2. The summed E-state index contributed by atoms with van der Waals surface area (Å²) in [4.78, 5) is 13.5. The van der Waals surface area contributed by atoms with E-state index >= 15 is 0 Å². The molecule has 0 heterocycles. The average Bonchev–Trinajstić information content (AvgIpc) is 2.35. The van der Waals surface area contributed by atoms with E-state index in [0.29, 0.717) is 6.04 Å². The molecule has 0 saturated carbocycles. The Morgan fingerprint density at radius 1 is 1.11 bits per heavy atom. The zero-order valence-electron chi connectivity index (χ0n) is 13.4. The van der Waals surface area contributed by atoms with E-state index in [2.05, 4.69) is 19.2 Å². The minimum absolute atomic E-state index is 0.0989. The highest BCUT2D eigenvalue weighted by Gasteiger charge is 2.11. The van der Waals surface area contributed by atoms with Gasteiger partial charge in [-0.25, -0.2) is 0 Å². The van der Waals surface area contributed by atoms with Gasteiger partial charge < -0.3 is 15.0 Å². The fraction of sp³-hybridized carbons (Fsp3) is 0.933. The quantitative estimate of drug-likeness (QED) is 0.587. The lowest BCUT2D eigenvalue weighted by atomic mass is 10.2. The van der Waals surface area contributed by atoms with Crippen molar-refractivity contribution in [3.05, 3.63) is 0 Å². The lowest BCUT2D eigenvalue weighted by molar-refractivity contribution is -0.133. The van der Waals surface area contributed by atoms with Crippen molar-refractivity contribution < 1.29 is 9.53 Å². The topological polar surface area (TPSA) is 41.6 Å². The third-order valence-corrected chi connectivity index (χ3v) is 2.95. The summed E-state index contributed by atoms with van der Waals surface area (Å²) in [6, 6.07) is 0.526. The van der Waals surface area contributed by atoms with Gasteiger partial charge in [0, 0.05) is 38.7 Å². The minimum atomic E-state index is 0.0989. The molecule has 0 aliphatic rings. The summed E-state index contributed by atoms with van der Waals surface area (Å²) in [5.41, 5.74) is 0. The molecule has 0 fully saturated rings. The largest absolute Gasteiger partial charge is 0.380 e. The van der Waals surface area contributed by atoms with Crippen LogP contribution >= 0.6 is 0 Å². The second-order valence-corrected chi connectivity index (χ2v) is 5.70. The highest BCUT2D eigenvalue weighted by molar-refractivity contribution is 5.77. The number of amides is 1. The molecule has 114 valence electrons. The van der Waals surface area contributed by atoms with Gasteiger partial charge >= 0.3 is 0 Å². The summed E-state index contributed by atoms with van der Waals surface area (Å²) in [5, 5.41) is 3.32. The number of rotatable bonds is 11. The molecular weight excluding hydrogens is 240 g/mol. The average molecular weight is 272 g/mol. The summed E-state index contributed by atoms with van der Waals surface area (Å²) in [6.45, 7) is 11.5. The maximum absolute atomic E-state index is 11.6. The molecule has 4 nitrogen and oxygen atoms in total. The Bertz CT molecular complexity index is 230. The normalized spacial score (nSPS) is 11.3. The first-order chi connectivity index (χ1) is 8.95. The van der Waals surface area contributed by atoms with Gasteiger partial charge in [-0.3, -0.25) is 4.79 Å². The van der Waals surface area contributed by atoms with Gasteiger partial charge in [0.2, 0.25) is 5.91 Å². The van der Waals surface area contributed by atoms with Crippen LogP contribution in [0.4, 0.5) is 0 Å². The van der Waals surface area contributed by atoms with Gasteiger partial charge in [-0.2, -0.15) is 0 Å². The molecule has 0 bridgehead atoms. The fourth-order valence-electron chi connectivity index (χ4n) is 1.80. The number of nitrogens with zero attached hydrogens (tertiary/aromatic N) is 1. The molecule has 0 atom stereocenters. The number of hydrogen-bond donors (Lipinski definition) is 1. The molecule has 0 spiro atoms. The Kier molecular flexibility index (Phi) is 10.9. The molecule has 0 aromatic heterocycles. The van der Waals surface area contributed by atoms with Gasteiger partial charge in [0.15, 0.2) is 0 Å². The number of unbranched alkanes of at least 4 members (excludes halogenated alkanes) is 2. The van der Waals surface area contributed by atoms with Gasteiger partial charge in [0.1, 0.15) is 0 Å². The molecule has 1 N–H and O–H groups in total. The van der Waals surface area contributed by atoms with Crippen molar-refractivity contribution in [1.82, 2.24) is 10.2 Å². The summed E-state index contributed by atoms with van der Waals surface area (Å²) in [6.07, 6.45) is 3.25. The van der Waals surface area contributed by atoms with Crippen LogP contribution in [0.25, 0.3) is 0 Å². The first-order valence-electron chi connectivity index (χ1n) is 7.51. The molecule has 0 rings (SSSR count). The van der Waals surface area contributed by atoms with Gasteiger partial charge in [-0.05, 0) is 19.3 Å². The van der Waals surface area contributed by atoms with E-state index < -0.39 is 0 Å². The Hall–Kier alpha value is -0.610. The van der Waals surface area contributed by atoms with Crippen LogP contribution in [0.5, 0.6) is 0 Å². The van der Waals surface area contributed by atoms with Crippen molar-refractivity contribution in [2.45, 2.75) is 53.0 Å². The van der Waals surface area contributed by atoms with E-state index in [-0.39, 0.29) is 11.8 Å². The van der Waals surface area contributed by atoms with Crippen molar-refractivity contribution in [1.29, 1.82) is 0 Å². The molecule has 19 heavy (non-hydrogen) atoms. The highest BCUT2D eigenvalue weighted by Crippen LogP contribution is 2.02. The van der Waals surface area contributed by atoms with E-state index in [0.717, 1.165) is 45.6 Å². The van der Waals surface area contributed by atoms with Crippen LogP contribution < -0.4 is 5.32 Å². The summed E-state index contributed by atoms with van der Waals surface area (Å²) < 4.78 is 5.53. The third kappa shape index (κ3) is 11.0. The van der Waals surface area contributed by atoms with E-state index in [4.69, 9.17) is 4.74 Å². The van der Waals surface area contributed by atoms with E-state index in [9.17, 15) is 4.79 Å². The van der Waals surface area contributed by atoms with Crippen molar-refractivity contribution in [3.8, 4) is 0 Å². The first kappa shape index (κ1) is 18.4. The van der Waals surface area contributed by atoms with Gasteiger partial charge in [0.05, 0.1) is 6.61 Å². The van der Waals surface area contributed by atoms with Crippen LogP contribution in [0.2, 0.25) is 0 Å². The predicted octanol–water partition coefficient (Wildman–Crippen LogP) is 2.29. The van der Waals surface area contributed by atoms with E-state index in [1.807, 2.05) is 25.8 Å². The highest BCUT2D eigenvalue weighted by atomic mass is 16.5. The van der Waals surface area contributed by atoms with Crippen LogP contribution in [0, 0.1) is 5.92 Å². The summed E-state index contributed by atoms with van der Waals surface area (Å²) in [5.74, 6) is 0.331. The molecule has 0 saturated heterocycles. The molecule has 0 unspecified atom stereocenters. The number of carbonyl (C=O) groups excluding carboxylic acids is 1. The molecule has 0 aliphatic heterocycles. The fourth-order valence-corrected chi connectivity index (χ4v) is 1.80. The molecule has 1 amide bonds. The van der Waals surface area contributed by atoms with E-state index in [1.165, 1.54) is 0 Å². The minimum Gasteiger partial charge on any atom is -0.380 e. The predicted molar refractivity (Wildman–Crippen MR) is 80.3 cm³/mol. The lowest BCUT2D eigenvalue weighted by Crippen LogP contribution is -2.31. The number of carbonyl (C=O) groups is 1. The van der Waals surface area contributed by atoms with Crippen molar-refractivity contribution in [2.75, 3.05) is 33.4 Å². The molecule has 0 aromatic rings. The van der Waals surface area contributed by atoms with Crippen molar-refractivity contribution in [2.24, 2.45) is 5.92 Å². The summed E-state index contributed by atoms with van der Waals surface area (Å²) in [7, 11) is 1.89. The number of ether oxygens (including phenoxy) is 1. The van der Waals surface area contributed by atoms with E-state index in [1.54, 1.807) is 0 Å². The first-order valence-corrected chi connectivity index (χ1v) is 7.51. The molecule has 0 aromatic carbocycles. The van der Waals surface area contributed by atoms with Crippen LogP contribution in [-0.4, -0.2) is 50.2 Å². The third-order valence-electron chi connectivity index (χ3n) is 2.95. The Morgan fingerprint density at radius 2 is 1.79 bits per heavy atom. The maximum Gasteiger partial charge on any atom is 0.224 e. The molecule has 0 radical (unpaired) electrons. The van der Waals surface area contributed by atoms with Gasteiger partial charge in [-0.15, -0.1) is 0 Å². The SMILES string of the molecule is CC(C)NCCOCCCCCN(C)C(=O)C(C)C. The number of hydrogen-bond acceptors (Lipinski definition) is 3.